The molecule has 0 saturated carbocycles. The zero-order chi connectivity index (χ0) is 30.3. The van der Waals surface area contributed by atoms with Crippen LogP contribution in [0.1, 0.15) is 41.0 Å². The first kappa shape index (κ1) is 31.5. The number of aromatic nitrogens is 1. The van der Waals surface area contributed by atoms with E-state index in [0.717, 1.165) is 10.9 Å². The van der Waals surface area contributed by atoms with Gasteiger partial charge in [0.2, 0.25) is 0 Å². The second-order valence-corrected chi connectivity index (χ2v) is 11.4. The quantitative estimate of drug-likeness (QED) is 0.0887. The molecule has 0 N–H and O–H groups in total. The number of hydrogen-bond donors (Lipinski definition) is 0. The number of hydrogen-bond acceptors (Lipinski definition) is 8. The van der Waals surface area contributed by atoms with Gasteiger partial charge in [-0.3, -0.25) is 27.7 Å². The van der Waals surface area contributed by atoms with Gasteiger partial charge in [-0.2, -0.15) is 0 Å². The molecule has 4 rings (SSSR count). The number of esters is 1. The summed E-state index contributed by atoms with van der Waals surface area (Å²) >= 11 is 6.01. The van der Waals surface area contributed by atoms with Gasteiger partial charge in [-0.25, -0.2) is 4.57 Å². The van der Waals surface area contributed by atoms with E-state index in [1.165, 1.54) is 0 Å². The number of methoxy groups -OCH3 is 1. The summed E-state index contributed by atoms with van der Waals surface area (Å²) in [5.41, 5.74) is 3.30. The van der Waals surface area contributed by atoms with Crippen LogP contribution in [0.5, 0.6) is 11.5 Å². The molecule has 0 aliphatic carbocycles. The summed E-state index contributed by atoms with van der Waals surface area (Å²) in [4.78, 5) is 26.6. The molecule has 4 aromatic rings. The minimum atomic E-state index is -3.57. The monoisotopic (exact) mass is 613 g/mol. The Kier molecular flexibility index (Phi) is 10.6. The van der Waals surface area contributed by atoms with Crippen LogP contribution in [0.15, 0.2) is 66.7 Å². The maximum absolute atomic E-state index is 13.5. The topological polar surface area (TPSA) is 102 Å². The van der Waals surface area contributed by atoms with E-state index < -0.39 is 13.8 Å². The number of nitrogens with zero attached hydrogens (tertiary/aromatic N) is 1. The number of phosphoric acid groups is 1. The van der Waals surface area contributed by atoms with Crippen molar-refractivity contribution < 1.29 is 37.2 Å². The van der Waals surface area contributed by atoms with Crippen LogP contribution >= 0.6 is 19.4 Å². The average Bonchev–Trinajstić information content (AvgIpc) is 3.24. The van der Waals surface area contributed by atoms with E-state index in [2.05, 4.69) is 0 Å². The Balaban J connectivity index is 1.48. The van der Waals surface area contributed by atoms with Gasteiger partial charge >= 0.3 is 13.8 Å². The Morgan fingerprint density at radius 1 is 0.881 bits per heavy atom. The predicted molar refractivity (Wildman–Crippen MR) is 161 cm³/mol. The molecule has 0 unspecified atom stereocenters. The molecular weight excluding hydrogens is 581 g/mol. The van der Waals surface area contributed by atoms with E-state index >= 15 is 0 Å². The maximum Gasteiger partial charge on any atom is 0.474 e. The maximum atomic E-state index is 13.5. The fraction of sp³-hybridized carbons (Fsp3) is 0.290. The molecule has 222 valence electrons. The summed E-state index contributed by atoms with van der Waals surface area (Å²) in [6, 6.07) is 19.0. The number of carbonyl (C=O) groups is 2. The van der Waals surface area contributed by atoms with Gasteiger partial charge < -0.3 is 9.47 Å². The van der Waals surface area contributed by atoms with Crippen molar-refractivity contribution in [3.63, 3.8) is 0 Å². The third kappa shape index (κ3) is 7.48. The van der Waals surface area contributed by atoms with Crippen LogP contribution in [0.25, 0.3) is 10.9 Å². The molecule has 9 nitrogen and oxygen atoms in total. The lowest BCUT2D eigenvalue weighted by atomic mass is 10.1. The zero-order valence-corrected chi connectivity index (χ0v) is 25.6. The summed E-state index contributed by atoms with van der Waals surface area (Å²) in [5.74, 6) is 0.253. The molecule has 0 spiro atoms. The van der Waals surface area contributed by atoms with E-state index in [-0.39, 0.29) is 32.1 Å². The normalized spacial score (nSPS) is 11.5. The van der Waals surface area contributed by atoms with Gasteiger partial charge in [0.25, 0.3) is 5.91 Å². The molecule has 0 bridgehead atoms. The van der Waals surface area contributed by atoms with Gasteiger partial charge in [0.15, 0.2) is 0 Å². The van der Waals surface area contributed by atoms with E-state index in [9.17, 15) is 14.2 Å². The SMILES string of the molecule is CCOP(=O)(OCC)OCCc1ccc(OC(=O)Cc2c(C)n(C(=O)c3ccc(Cl)cc3)c3ccc(OC)cc23)cc1. The minimum absolute atomic E-state index is 0.0594. The second kappa shape index (κ2) is 14.1. The molecule has 0 aliphatic heterocycles. The summed E-state index contributed by atoms with van der Waals surface area (Å²) in [6.07, 6.45) is 0.399. The van der Waals surface area contributed by atoms with Crippen LogP contribution < -0.4 is 9.47 Å². The van der Waals surface area contributed by atoms with Crippen molar-refractivity contribution in [3.8, 4) is 11.5 Å². The van der Waals surface area contributed by atoms with Crippen LogP contribution in [0.4, 0.5) is 0 Å². The molecule has 0 saturated heterocycles. The summed E-state index contributed by atoms with van der Waals surface area (Å²) in [6.45, 7) is 5.79. The van der Waals surface area contributed by atoms with Crippen molar-refractivity contribution in [3.05, 3.63) is 94.1 Å². The molecule has 0 fully saturated rings. The van der Waals surface area contributed by atoms with E-state index in [0.29, 0.717) is 45.3 Å². The fourth-order valence-electron chi connectivity index (χ4n) is 4.54. The number of fused-ring (bicyclic) bond motifs is 1. The third-order valence-electron chi connectivity index (χ3n) is 6.53. The number of phosphoric ester groups is 1. The standard InChI is InChI=1S/C31H33ClNO8P/c1-5-38-42(36,39-6-2)40-18-17-22-7-13-25(14-8-22)41-30(34)20-27-21(3)33(29-16-15-26(37-4)19-28(27)29)31(35)23-9-11-24(32)12-10-23/h7-16,19H,5-6,17-18,20H2,1-4H3. The lowest BCUT2D eigenvalue weighted by Gasteiger charge is -2.16. The highest BCUT2D eigenvalue weighted by Crippen LogP contribution is 2.49. The van der Waals surface area contributed by atoms with Crippen LogP contribution in [-0.2, 0) is 35.8 Å². The van der Waals surface area contributed by atoms with Crippen molar-refractivity contribution in [2.24, 2.45) is 0 Å². The minimum Gasteiger partial charge on any atom is -0.497 e. The average molecular weight is 614 g/mol. The highest BCUT2D eigenvalue weighted by Gasteiger charge is 2.25. The number of benzene rings is 3. The van der Waals surface area contributed by atoms with E-state index in [1.54, 1.807) is 93.1 Å². The largest absolute Gasteiger partial charge is 0.497 e. The first-order chi connectivity index (χ1) is 20.2. The molecule has 0 radical (unpaired) electrons. The van der Waals surface area contributed by atoms with Crippen molar-refractivity contribution in [1.29, 1.82) is 0 Å². The third-order valence-corrected chi connectivity index (χ3v) is 8.43. The molecule has 3 aromatic carbocycles. The van der Waals surface area contributed by atoms with Crippen LogP contribution in [0, 0.1) is 6.92 Å². The molecule has 0 amide bonds. The lowest BCUT2D eigenvalue weighted by Crippen LogP contribution is -2.15. The lowest BCUT2D eigenvalue weighted by molar-refractivity contribution is -0.133. The molecule has 1 aromatic heterocycles. The van der Waals surface area contributed by atoms with Crippen LogP contribution in [-0.4, -0.2) is 43.4 Å². The summed E-state index contributed by atoms with van der Waals surface area (Å²) < 4.78 is 40.7. The Labute approximate surface area is 249 Å². The van der Waals surface area contributed by atoms with Gasteiger partial charge in [0.05, 0.1) is 38.9 Å². The summed E-state index contributed by atoms with van der Waals surface area (Å²) in [7, 11) is -2.02. The highest BCUT2D eigenvalue weighted by molar-refractivity contribution is 7.48. The second-order valence-electron chi connectivity index (χ2n) is 9.26. The number of rotatable bonds is 13. The Morgan fingerprint density at radius 2 is 1.52 bits per heavy atom. The van der Waals surface area contributed by atoms with Crippen LogP contribution in [0.3, 0.4) is 0 Å². The first-order valence-corrected chi connectivity index (χ1v) is 15.3. The molecular formula is C31H33ClNO8P. The van der Waals surface area contributed by atoms with Gasteiger partial charge in [-0.15, -0.1) is 0 Å². The molecule has 11 heteroatoms. The number of carbonyl (C=O) groups excluding carboxylic acids is 2. The zero-order valence-electron chi connectivity index (χ0n) is 23.9. The first-order valence-electron chi connectivity index (χ1n) is 13.5. The number of halogens is 1. The fourth-order valence-corrected chi connectivity index (χ4v) is 5.83. The van der Waals surface area contributed by atoms with Gasteiger partial charge in [0, 0.05) is 21.7 Å². The van der Waals surface area contributed by atoms with Gasteiger partial charge in [-0.1, -0.05) is 23.7 Å². The summed E-state index contributed by atoms with van der Waals surface area (Å²) in [5, 5.41) is 1.25. The van der Waals surface area contributed by atoms with Gasteiger partial charge in [-0.05, 0) is 92.9 Å². The van der Waals surface area contributed by atoms with Crippen molar-refractivity contribution >= 4 is 42.2 Å². The van der Waals surface area contributed by atoms with E-state index in [4.69, 9.17) is 34.6 Å². The van der Waals surface area contributed by atoms with E-state index in [1.807, 2.05) is 6.07 Å². The molecule has 42 heavy (non-hydrogen) atoms. The Bertz CT molecular complexity index is 1590. The van der Waals surface area contributed by atoms with Crippen molar-refractivity contribution in [1.82, 2.24) is 4.57 Å². The Hall–Kier alpha value is -3.46. The molecule has 0 aliphatic rings. The molecule has 1 heterocycles. The molecule has 0 atom stereocenters. The Morgan fingerprint density at radius 3 is 2.14 bits per heavy atom. The van der Waals surface area contributed by atoms with Crippen molar-refractivity contribution in [2.75, 3.05) is 26.9 Å². The number of ether oxygens (including phenoxy) is 2. The van der Waals surface area contributed by atoms with Crippen molar-refractivity contribution in [2.45, 2.75) is 33.6 Å². The highest BCUT2D eigenvalue weighted by atomic mass is 35.5. The van der Waals surface area contributed by atoms with Crippen LogP contribution in [0.2, 0.25) is 5.02 Å². The smallest absolute Gasteiger partial charge is 0.474 e. The predicted octanol–water partition coefficient (Wildman–Crippen LogP) is 7.19. The van der Waals surface area contributed by atoms with Gasteiger partial charge in [0.1, 0.15) is 11.5 Å².